The van der Waals surface area contributed by atoms with Crippen LogP contribution in [0.25, 0.3) is 0 Å². The second-order valence-corrected chi connectivity index (χ2v) is 5.90. The van der Waals surface area contributed by atoms with E-state index in [-0.39, 0.29) is 5.91 Å². The number of carbonyl (C=O) groups is 1. The monoisotopic (exact) mass is 260 g/mol. The Balaban J connectivity index is 2.02. The highest BCUT2D eigenvalue weighted by Crippen LogP contribution is 2.12. The average Bonchev–Trinajstić information content (AvgIpc) is 2.38. The highest BCUT2D eigenvalue weighted by Gasteiger charge is 2.21. The minimum atomic E-state index is 0.157. The molecule has 3 heteroatoms. The third-order valence-electron chi connectivity index (χ3n) is 3.50. The summed E-state index contributed by atoms with van der Waals surface area (Å²) < 4.78 is 0. The number of hydrogen-bond donors (Lipinski definition) is 1. The van der Waals surface area contributed by atoms with Gasteiger partial charge in [-0.3, -0.25) is 4.79 Å². The summed E-state index contributed by atoms with van der Waals surface area (Å²) in [4.78, 5) is 14.3. The molecule has 104 valence electrons. The fourth-order valence-corrected chi connectivity index (χ4v) is 2.55. The predicted molar refractivity (Wildman–Crippen MR) is 78.4 cm³/mol. The zero-order chi connectivity index (χ0) is 13.8. The van der Waals surface area contributed by atoms with Crippen LogP contribution in [0.3, 0.4) is 0 Å². The van der Waals surface area contributed by atoms with E-state index in [1.165, 1.54) is 5.56 Å². The van der Waals surface area contributed by atoms with Crippen molar-refractivity contribution in [1.29, 1.82) is 0 Å². The lowest BCUT2D eigenvalue weighted by molar-refractivity contribution is 0.0709. The Kier molecular flexibility index (Phi) is 4.59. The van der Waals surface area contributed by atoms with Gasteiger partial charge in [-0.25, -0.2) is 0 Å². The molecule has 1 saturated heterocycles. The second kappa shape index (κ2) is 6.20. The van der Waals surface area contributed by atoms with Gasteiger partial charge >= 0.3 is 0 Å². The molecule has 0 spiro atoms. The summed E-state index contributed by atoms with van der Waals surface area (Å²) in [5.74, 6) is 0.806. The van der Waals surface area contributed by atoms with Crippen LogP contribution in [0.1, 0.15) is 36.7 Å². The molecule has 0 aromatic heterocycles. The van der Waals surface area contributed by atoms with Crippen LogP contribution in [0.4, 0.5) is 0 Å². The largest absolute Gasteiger partial charge is 0.336 e. The average molecular weight is 260 g/mol. The standard InChI is InChI=1S/C16H24N2O/c1-12(2)10-14-4-6-15(7-5-14)16(19)18-9-8-17-13(3)11-18/h4-7,12-13,17H,8-11H2,1-3H3. The predicted octanol–water partition coefficient (Wildman–Crippen LogP) is 2.32. The Hall–Kier alpha value is -1.35. The van der Waals surface area contributed by atoms with E-state index in [1.54, 1.807) is 0 Å². The van der Waals surface area contributed by atoms with E-state index in [2.05, 4.69) is 38.2 Å². The Morgan fingerprint density at radius 2 is 2.05 bits per heavy atom. The maximum atomic E-state index is 12.4. The molecule has 1 fully saturated rings. The quantitative estimate of drug-likeness (QED) is 0.904. The third-order valence-corrected chi connectivity index (χ3v) is 3.50. The van der Waals surface area contributed by atoms with Gasteiger partial charge in [0.1, 0.15) is 0 Å². The molecule has 1 aliphatic rings. The lowest BCUT2D eigenvalue weighted by Crippen LogP contribution is -2.51. The van der Waals surface area contributed by atoms with Gasteiger partial charge in [-0.15, -0.1) is 0 Å². The molecule has 3 nitrogen and oxygen atoms in total. The summed E-state index contributed by atoms with van der Waals surface area (Å²) >= 11 is 0. The minimum Gasteiger partial charge on any atom is -0.336 e. The van der Waals surface area contributed by atoms with E-state index in [1.807, 2.05) is 17.0 Å². The number of benzene rings is 1. The van der Waals surface area contributed by atoms with Gasteiger partial charge in [0, 0.05) is 31.2 Å². The number of rotatable bonds is 3. The maximum Gasteiger partial charge on any atom is 0.253 e. The first-order valence-corrected chi connectivity index (χ1v) is 7.18. The number of nitrogens with zero attached hydrogens (tertiary/aromatic N) is 1. The van der Waals surface area contributed by atoms with Crippen molar-refractivity contribution in [3.63, 3.8) is 0 Å². The number of piperazine rings is 1. The third kappa shape index (κ3) is 3.80. The highest BCUT2D eigenvalue weighted by atomic mass is 16.2. The molecule has 0 radical (unpaired) electrons. The molecule has 1 aromatic rings. The van der Waals surface area contributed by atoms with Gasteiger partial charge in [0.2, 0.25) is 0 Å². The summed E-state index contributed by atoms with van der Waals surface area (Å²) in [6.07, 6.45) is 1.07. The fourth-order valence-electron chi connectivity index (χ4n) is 2.55. The number of hydrogen-bond acceptors (Lipinski definition) is 2. The van der Waals surface area contributed by atoms with Crippen molar-refractivity contribution >= 4 is 5.91 Å². The molecule has 1 atom stereocenters. The Bertz CT molecular complexity index is 425. The molecule has 1 unspecified atom stereocenters. The van der Waals surface area contributed by atoms with Crippen molar-refractivity contribution in [3.05, 3.63) is 35.4 Å². The first kappa shape index (κ1) is 14.1. The summed E-state index contributed by atoms with van der Waals surface area (Å²) in [6, 6.07) is 8.48. The van der Waals surface area contributed by atoms with Gasteiger partial charge in [0.15, 0.2) is 0 Å². The van der Waals surface area contributed by atoms with E-state index < -0.39 is 0 Å². The van der Waals surface area contributed by atoms with Crippen molar-refractivity contribution in [2.45, 2.75) is 33.2 Å². The smallest absolute Gasteiger partial charge is 0.253 e. The first-order chi connectivity index (χ1) is 9.06. The first-order valence-electron chi connectivity index (χ1n) is 7.18. The van der Waals surface area contributed by atoms with Gasteiger partial charge in [-0.05, 0) is 37.0 Å². The van der Waals surface area contributed by atoms with Crippen LogP contribution < -0.4 is 5.32 Å². The van der Waals surface area contributed by atoms with Crippen LogP contribution in [0.2, 0.25) is 0 Å². The van der Waals surface area contributed by atoms with Gasteiger partial charge in [-0.1, -0.05) is 26.0 Å². The summed E-state index contributed by atoms with van der Waals surface area (Å²) in [5, 5.41) is 3.36. The van der Waals surface area contributed by atoms with E-state index in [0.29, 0.717) is 12.0 Å². The molecule has 1 amide bonds. The Morgan fingerprint density at radius 3 is 2.63 bits per heavy atom. The molecule has 1 aliphatic heterocycles. The molecular weight excluding hydrogens is 236 g/mol. The van der Waals surface area contributed by atoms with Gasteiger partial charge in [-0.2, -0.15) is 0 Å². The zero-order valence-electron chi connectivity index (χ0n) is 12.1. The lowest BCUT2D eigenvalue weighted by atomic mass is 10.0. The summed E-state index contributed by atoms with van der Waals surface area (Å²) in [5.41, 5.74) is 2.11. The Morgan fingerprint density at radius 1 is 1.37 bits per heavy atom. The Labute approximate surface area is 116 Å². The molecule has 1 aromatic carbocycles. The van der Waals surface area contributed by atoms with Crippen molar-refractivity contribution < 1.29 is 4.79 Å². The number of amides is 1. The summed E-state index contributed by atoms with van der Waals surface area (Å²) in [6.45, 7) is 9.02. The van der Waals surface area contributed by atoms with E-state index >= 15 is 0 Å². The molecule has 0 saturated carbocycles. The normalized spacial score (nSPS) is 19.8. The zero-order valence-corrected chi connectivity index (χ0v) is 12.1. The lowest BCUT2D eigenvalue weighted by Gasteiger charge is -2.32. The maximum absolute atomic E-state index is 12.4. The van der Waals surface area contributed by atoms with Crippen LogP contribution in [0, 0.1) is 5.92 Å². The summed E-state index contributed by atoms with van der Waals surface area (Å²) in [7, 11) is 0. The fraction of sp³-hybridized carbons (Fsp3) is 0.562. The van der Waals surface area contributed by atoms with Crippen LogP contribution >= 0.6 is 0 Å². The SMILES string of the molecule is CC(C)Cc1ccc(C(=O)N2CCNC(C)C2)cc1. The van der Waals surface area contributed by atoms with Gasteiger partial charge in [0.25, 0.3) is 5.91 Å². The molecule has 1 N–H and O–H groups in total. The molecule has 19 heavy (non-hydrogen) atoms. The second-order valence-electron chi connectivity index (χ2n) is 5.90. The van der Waals surface area contributed by atoms with Crippen LogP contribution in [-0.2, 0) is 6.42 Å². The van der Waals surface area contributed by atoms with Crippen molar-refractivity contribution in [1.82, 2.24) is 10.2 Å². The van der Waals surface area contributed by atoms with E-state index in [0.717, 1.165) is 31.6 Å². The van der Waals surface area contributed by atoms with Crippen molar-refractivity contribution in [3.8, 4) is 0 Å². The minimum absolute atomic E-state index is 0.157. The topological polar surface area (TPSA) is 32.3 Å². The van der Waals surface area contributed by atoms with Crippen LogP contribution in [0.15, 0.2) is 24.3 Å². The number of nitrogens with one attached hydrogen (secondary N) is 1. The van der Waals surface area contributed by atoms with Crippen molar-refractivity contribution in [2.24, 2.45) is 5.92 Å². The highest BCUT2D eigenvalue weighted by molar-refractivity contribution is 5.94. The molecule has 0 bridgehead atoms. The molecular formula is C16H24N2O. The van der Waals surface area contributed by atoms with Crippen LogP contribution in [0.5, 0.6) is 0 Å². The molecule has 0 aliphatic carbocycles. The molecule has 1 heterocycles. The number of carbonyl (C=O) groups excluding carboxylic acids is 1. The van der Waals surface area contributed by atoms with Gasteiger partial charge in [0.05, 0.1) is 0 Å². The van der Waals surface area contributed by atoms with Crippen molar-refractivity contribution in [2.75, 3.05) is 19.6 Å². The van der Waals surface area contributed by atoms with E-state index in [9.17, 15) is 4.79 Å². The van der Waals surface area contributed by atoms with Gasteiger partial charge < -0.3 is 10.2 Å². The van der Waals surface area contributed by atoms with Crippen LogP contribution in [-0.4, -0.2) is 36.5 Å². The molecule has 2 rings (SSSR count). The van der Waals surface area contributed by atoms with E-state index in [4.69, 9.17) is 0 Å².